The SMILES string of the molecule is CC(C)OC(=O)N=NC(=O)OC(C)C.CCCCCCCCCCN1C(=O)c2ccc3c4c(sc(c24)C1=O)C(=O)N(CCCCCCCCCC)C3=O.O=C1CC(=O)c2sc3c4c(ccc1c24)C(=O)NC3=O. The van der Waals surface area contributed by atoms with Crippen LogP contribution in [0.5, 0.6) is 0 Å². The first-order valence-electron chi connectivity index (χ1n) is 25.2. The molecule has 0 saturated carbocycles. The molecule has 1 aliphatic carbocycles. The molecule has 8 amide bonds. The highest BCUT2D eigenvalue weighted by Gasteiger charge is 2.42. The third-order valence-electron chi connectivity index (χ3n) is 12.5. The van der Waals surface area contributed by atoms with Crippen molar-refractivity contribution >= 4 is 103 Å². The van der Waals surface area contributed by atoms with Crippen molar-refractivity contribution < 1.29 is 57.4 Å². The Morgan fingerprint density at radius 3 is 1.31 bits per heavy atom. The standard InChI is InChI=1S/C32H44N2O4S.C13H5NO4S.C8H14N2O4/c1-3-5-7-9-11-13-15-17-21-33-29(35)23-19-20-24-26-25(23)27(31(33)37)39-28(26)32(38)34(30(24)36)22-18-16-14-12-10-8-6-4-2;15-6-3-7(16)10-8-4(6)1-2-5-9(8)11(19-10)13(18)14-12(5)17;1-5(2)13-7(11)9-10-8(12)14-6(3)4/h19-20H,3-18,21-22H2,1-2H3;1-2H,3H2,(H,14,17,18);5-6H,1-4H3. The van der Waals surface area contributed by atoms with E-state index in [0.29, 0.717) is 76.4 Å². The molecule has 0 spiro atoms. The average Bonchev–Trinajstić information content (AvgIpc) is 3.95. The van der Waals surface area contributed by atoms with Gasteiger partial charge in [0.2, 0.25) is 0 Å². The number of hydrogen-bond donors (Lipinski definition) is 1. The first kappa shape index (κ1) is 55.0. The summed E-state index contributed by atoms with van der Waals surface area (Å²) in [6.45, 7) is 11.9. The third kappa shape index (κ3) is 12.6. The van der Waals surface area contributed by atoms with Gasteiger partial charge in [-0.25, -0.2) is 9.59 Å². The van der Waals surface area contributed by atoms with Gasteiger partial charge in [-0.05, 0) is 64.8 Å². The summed E-state index contributed by atoms with van der Waals surface area (Å²) in [5, 5.41) is 10.2. The Bertz CT molecular complexity index is 2640. The number of hydrogen-bond acceptors (Lipinski definition) is 14. The summed E-state index contributed by atoms with van der Waals surface area (Å²) < 4.78 is 9.20. The summed E-state index contributed by atoms with van der Waals surface area (Å²) >= 11 is 2.21. The minimum atomic E-state index is -0.902. The Kier molecular flexibility index (Phi) is 19.4. The molecule has 17 nitrogen and oxygen atoms in total. The van der Waals surface area contributed by atoms with E-state index in [2.05, 4.69) is 38.9 Å². The van der Waals surface area contributed by atoms with E-state index >= 15 is 0 Å². The molecule has 8 rings (SSSR count). The number of ketones is 2. The lowest BCUT2D eigenvalue weighted by atomic mass is 9.89. The summed E-state index contributed by atoms with van der Waals surface area (Å²) in [7, 11) is 0. The summed E-state index contributed by atoms with van der Waals surface area (Å²) in [4.78, 5) is 127. The second kappa shape index (κ2) is 25.4. The Hall–Kier alpha value is -6.34. The first-order chi connectivity index (χ1) is 34.5. The van der Waals surface area contributed by atoms with Gasteiger partial charge in [-0.15, -0.1) is 22.7 Å². The fourth-order valence-corrected chi connectivity index (χ4v) is 11.4. The van der Waals surface area contributed by atoms with Crippen molar-refractivity contribution in [1.82, 2.24) is 15.1 Å². The number of amides is 8. The van der Waals surface area contributed by atoms with Gasteiger partial charge >= 0.3 is 12.2 Å². The fourth-order valence-electron chi connectivity index (χ4n) is 9.01. The van der Waals surface area contributed by atoms with Crippen molar-refractivity contribution in [3.63, 3.8) is 0 Å². The fraction of sp³-hybridized carbons (Fsp3) is 0.509. The van der Waals surface area contributed by atoms with Crippen molar-refractivity contribution in [2.24, 2.45) is 10.2 Å². The number of imide groups is 3. The van der Waals surface area contributed by atoms with Crippen LogP contribution < -0.4 is 5.32 Å². The van der Waals surface area contributed by atoms with Gasteiger partial charge in [-0.3, -0.25) is 53.5 Å². The summed E-state index contributed by atoms with van der Waals surface area (Å²) in [5.41, 5.74) is 1.64. The van der Waals surface area contributed by atoms with Crippen molar-refractivity contribution in [2.45, 2.75) is 163 Å². The highest BCUT2D eigenvalue weighted by molar-refractivity contribution is 7.18. The lowest BCUT2D eigenvalue weighted by Gasteiger charge is -2.27. The zero-order valence-electron chi connectivity index (χ0n) is 41.9. The second-order valence-electron chi connectivity index (χ2n) is 18.7. The van der Waals surface area contributed by atoms with Gasteiger partial charge in [0.1, 0.15) is 14.6 Å². The minimum Gasteiger partial charge on any atom is -0.444 e. The summed E-state index contributed by atoms with van der Waals surface area (Å²) in [6.07, 6.45) is 15.6. The molecule has 2 aromatic heterocycles. The number of benzene rings is 2. The highest BCUT2D eigenvalue weighted by atomic mass is 32.1. The zero-order chi connectivity index (χ0) is 52.2. The summed E-state index contributed by atoms with van der Waals surface area (Å²) in [6, 6.07) is 6.44. The van der Waals surface area contributed by atoms with Crippen LogP contribution in [0.2, 0.25) is 0 Å². The monoisotopic (exact) mass is 1030 g/mol. The number of nitrogens with zero attached hydrogens (tertiary/aromatic N) is 4. The molecule has 0 atom stereocenters. The van der Waals surface area contributed by atoms with Crippen molar-refractivity contribution in [3.8, 4) is 0 Å². The van der Waals surface area contributed by atoms with Crippen molar-refractivity contribution in [2.75, 3.05) is 13.1 Å². The number of nitrogens with one attached hydrogen (secondary N) is 1. The molecule has 0 saturated heterocycles. The molecule has 5 heterocycles. The maximum Gasteiger partial charge on any atom is 0.452 e. The number of unbranched alkanes of at least 4 members (excludes halogenated alkanes) is 14. The molecule has 384 valence electrons. The van der Waals surface area contributed by atoms with Gasteiger partial charge in [0.15, 0.2) is 11.6 Å². The second-order valence-corrected chi connectivity index (χ2v) is 20.7. The summed E-state index contributed by atoms with van der Waals surface area (Å²) in [5.74, 6) is -2.81. The molecule has 4 aromatic rings. The van der Waals surface area contributed by atoms with Crippen LogP contribution in [0.3, 0.4) is 0 Å². The number of Topliss-reactive ketones (excluding diaryl/α,β-unsaturated/α-hetero) is 2. The quantitative estimate of drug-likeness (QED) is 0.0377. The number of ether oxygens (including phenoxy) is 2. The Morgan fingerprint density at radius 2 is 0.861 bits per heavy atom. The van der Waals surface area contributed by atoms with Gasteiger partial charge in [-0.1, -0.05) is 114 Å². The van der Waals surface area contributed by atoms with Crippen LogP contribution in [0, 0.1) is 0 Å². The van der Waals surface area contributed by atoms with E-state index in [1.54, 1.807) is 45.9 Å². The van der Waals surface area contributed by atoms with Crippen molar-refractivity contribution in [3.05, 3.63) is 66.0 Å². The molecule has 0 bridgehead atoms. The van der Waals surface area contributed by atoms with E-state index in [-0.39, 0.29) is 53.8 Å². The van der Waals surface area contributed by atoms with E-state index in [4.69, 9.17) is 0 Å². The number of thiophene rings is 2. The molecule has 3 aliphatic heterocycles. The largest absolute Gasteiger partial charge is 0.452 e. The van der Waals surface area contributed by atoms with Crippen LogP contribution in [0.1, 0.15) is 231 Å². The molecule has 72 heavy (non-hydrogen) atoms. The smallest absolute Gasteiger partial charge is 0.444 e. The van der Waals surface area contributed by atoms with Crippen LogP contribution in [0.4, 0.5) is 9.59 Å². The Labute approximate surface area is 426 Å². The van der Waals surface area contributed by atoms with Gasteiger partial charge in [0.25, 0.3) is 35.4 Å². The van der Waals surface area contributed by atoms with Crippen LogP contribution in [0.25, 0.3) is 21.5 Å². The van der Waals surface area contributed by atoms with Crippen molar-refractivity contribution in [1.29, 1.82) is 0 Å². The van der Waals surface area contributed by atoms with E-state index < -0.39 is 24.0 Å². The van der Waals surface area contributed by atoms with Gasteiger partial charge in [0.05, 0.1) is 23.5 Å². The van der Waals surface area contributed by atoms with E-state index in [9.17, 15) is 47.9 Å². The number of carbonyl (C=O) groups is 10. The maximum atomic E-state index is 13.4. The predicted molar refractivity (Wildman–Crippen MR) is 273 cm³/mol. The average molecular weight is 1030 g/mol. The van der Waals surface area contributed by atoms with Gasteiger partial charge in [0, 0.05) is 56.9 Å². The molecule has 2 aromatic carbocycles. The predicted octanol–water partition coefficient (Wildman–Crippen LogP) is 12.5. The number of carbonyl (C=O) groups excluding carboxylic acids is 10. The van der Waals surface area contributed by atoms with Gasteiger partial charge < -0.3 is 9.47 Å². The lowest BCUT2D eigenvalue weighted by molar-refractivity contribution is 0.0593. The van der Waals surface area contributed by atoms with E-state index in [0.717, 1.165) is 61.2 Å². The number of rotatable bonds is 20. The van der Waals surface area contributed by atoms with Crippen LogP contribution in [-0.2, 0) is 9.47 Å². The molecule has 0 fully saturated rings. The maximum absolute atomic E-state index is 13.4. The zero-order valence-corrected chi connectivity index (χ0v) is 43.5. The highest BCUT2D eigenvalue weighted by Crippen LogP contribution is 2.44. The lowest BCUT2D eigenvalue weighted by Crippen LogP contribution is -2.41. The molecule has 0 unspecified atom stereocenters. The van der Waals surface area contributed by atoms with Crippen LogP contribution in [-0.4, -0.2) is 94.3 Å². The molecule has 1 N–H and O–H groups in total. The van der Waals surface area contributed by atoms with E-state index in [1.807, 2.05) is 0 Å². The molecule has 4 aliphatic rings. The first-order valence-corrected chi connectivity index (χ1v) is 26.8. The molecule has 0 radical (unpaired) electrons. The third-order valence-corrected chi connectivity index (χ3v) is 14.9. The van der Waals surface area contributed by atoms with Crippen LogP contribution in [0.15, 0.2) is 34.5 Å². The Morgan fingerprint density at radius 1 is 0.486 bits per heavy atom. The van der Waals surface area contributed by atoms with Gasteiger partial charge in [-0.2, -0.15) is 0 Å². The number of azo groups is 1. The van der Waals surface area contributed by atoms with E-state index in [1.165, 1.54) is 80.1 Å². The van der Waals surface area contributed by atoms with Crippen LogP contribution >= 0.6 is 22.7 Å². The molecular weight excluding hydrogens is 963 g/mol. The molecular formula is C53H63N5O12S2. The topological polar surface area (TPSA) is 232 Å². The normalized spacial score (nSPS) is 14.7. The minimum absolute atomic E-state index is 0.170. The Balaban J connectivity index is 0.000000210. The molecule has 19 heteroatoms.